The molecule has 1 N–H and O–H groups in total. The van der Waals surface area contributed by atoms with E-state index in [1.807, 2.05) is 36.4 Å². The lowest BCUT2D eigenvalue weighted by Gasteiger charge is -2.21. The van der Waals surface area contributed by atoms with Crippen molar-refractivity contribution in [3.63, 3.8) is 0 Å². The zero-order chi connectivity index (χ0) is 19.0. The number of nitrogens with zero attached hydrogens (tertiary/aromatic N) is 2. The summed E-state index contributed by atoms with van der Waals surface area (Å²) in [6.45, 7) is 1.72. The molecule has 1 saturated heterocycles. The van der Waals surface area contributed by atoms with Crippen molar-refractivity contribution in [3.8, 4) is 11.5 Å². The Morgan fingerprint density at radius 3 is 2.67 bits per heavy atom. The summed E-state index contributed by atoms with van der Waals surface area (Å²) < 4.78 is 5.48. The van der Waals surface area contributed by atoms with Crippen LogP contribution in [-0.2, 0) is 16.9 Å². The Morgan fingerprint density at radius 2 is 1.93 bits per heavy atom. The number of imide groups is 1. The molecule has 3 aromatic rings. The summed E-state index contributed by atoms with van der Waals surface area (Å²) in [6.07, 6.45) is 1.44. The molecule has 6 nitrogen and oxygen atoms in total. The predicted molar refractivity (Wildman–Crippen MR) is 99.8 cm³/mol. The van der Waals surface area contributed by atoms with E-state index in [2.05, 4.69) is 10.3 Å². The molecule has 0 aliphatic carbocycles. The first-order valence-electron chi connectivity index (χ1n) is 8.37. The second kappa shape index (κ2) is 6.55. The van der Waals surface area contributed by atoms with Crippen molar-refractivity contribution in [2.75, 3.05) is 0 Å². The zero-order valence-electron chi connectivity index (χ0n) is 14.5. The SMILES string of the molecule is CC1(c2ccccc2)NC(=O)N(Cc2coc(-c3cccc(Cl)c3)n2)C1=O. The second-order valence-corrected chi connectivity index (χ2v) is 6.90. The van der Waals surface area contributed by atoms with Gasteiger partial charge >= 0.3 is 6.03 Å². The van der Waals surface area contributed by atoms with Gasteiger partial charge in [-0.25, -0.2) is 9.78 Å². The molecule has 136 valence electrons. The number of aromatic nitrogens is 1. The van der Waals surface area contributed by atoms with E-state index in [9.17, 15) is 9.59 Å². The van der Waals surface area contributed by atoms with Crippen LogP contribution >= 0.6 is 11.6 Å². The number of halogens is 1. The summed E-state index contributed by atoms with van der Waals surface area (Å²) in [6, 6.07) is 15.8. The topological polar surface area (TPSA) is 75.4 Å². The van der Waals surface area contributed by atoms with Crippen LogP contribution in [0.15, 0.2) is 65.3 Å². The normalized spacial score (nSPS) is 19.4. The number of benzene rings is 2. The third-order valence-electron chi connectivity index (χ3n) is 4.57. The van der Waals surface area contributed by atoms with Crippen LogP contribution in [0, 0.1) is 0 Å². The predicted octanol–water partition coefficient (Wildman–Crippen LogP) is 3.96. The molecular weight excluding hydrogens is 366 g/mol. The van der Waals surface area contributed by atoms with Crippen LogP contribution in [-0.4, -0.2) is 21.8 Å². The van der Waals surface area contributed by atoms with E-state index < -0.39 is 11.6 Å². The number of hydrogen-bond acceptors (Lipinski definition) is 4. The van der Waals surface area contributed by atoms with Crippen LogP contribution < -0.4 is 5.32 Å². The van der Waals surface area contributed by atoms with Crippen LogP contribution in [0.2, 0.25) is 5.02 Å². The summed E-state index contributed by atoms with van der Waals surface area (Å²) in [4.78, 5) is 30.9. The highest BCUT2D eigenvalue weighted by Crippen LogP contribution is 2.30. The van der Waals surface area contributed by atoms with Crippen LogP contribution in [0.5, 0.6) is 0 Å². The van der Waals surface area contributed by atoms with Crippen LogP contribution in [0.1, 0.15) is 18.2 Å². The second-order valence-electron chi connectivity index (χ2n) is 6.47. The molecule has 27 heavy (non-hydrogen) atoms. The van der Waals surface area contributed by atoms with Crippen molar-refractivity contribution in [2.45, 2.75) is 19.0 Å². The van der Waals surface area contributed by atoms with Crippen molar-refractivity contribution in [1.29, 1.82) is 0 Å². The molecule has 3 amide bonds. The minimum absolute atomic E-state index is 0.0250. The number of rotatable bonds is 4. The molecule has 0 radical (unpaired) electrons. The Balaban J connectivity index is 1.57. The number of carbonyl (C=O) groups excluding carboxylic acids is 2. The Morgan fingerprint density at radius 1 is 1.15 bits per heavy atom. The number of amides is 3. The number of carbonyl (C=O) groups is 2. The van der Waals surface area contributed by atoms with Gasteiger partial charge in [-0.1, -0.05) is 48.0 Å². The molecule has 1 fully saturated rings. The van der Waals surface area contributed by atoms with Gasteiger partial charge in [0.2, 0.25) is 5.89 Å². The highest BCUT2D eigenvalue weighted by molar-refractivity contribution is 6.30. The van der Waals surface area contributed by atoms with E-state index in [0.29, 0.717) is 16.6 Å². The molecule has 1 unspecified atom stereocenters. The van der Waals surface area contributed by atoms with E-state index in [0.717, 1.165) is 16.0 Å². The number of urea groups is 1. The van der Waals surface area contributed by atoms with Gasteiger partial charge in [0.25, 0.3) is 5.91 Å². The Hall–Kier alpha value is -3.12. The fourth-order valence-electron chi connectivity index (χ4n) is 3.10. The van der Waals surface area contributed by atoms with Crippen molar-refractivity contribution in [1.82, 2.24) is 15.2 Å². The van der Waals surface area contributed by atoms with Gasteiger partial charge in [0.1, 0.15) is 11.8 Å². The largest absolute Gasteiger partial charge is 0.444 e. The summed E-state index contributed by atoms with van der Waals surface area (Å²) in [5.74, 6) is 0.0522. The van der Waals surface area contributed by atoms with E-state index in [-0.39, 0.29) is 12.5 Å². The van der Waals surface area contributed by atoms with Crippen molar-refractivity contribution in [3.05, 3.63) is 77.1 Å². The minimum Gasteiger partial charge on any atom is -0.444 e. The highest BCUT2D eigenvalue weighted by atomic mass is 35.5. The van der Waals surface area contributed by atoms with Gasteiger partial charge < -0.3 is 9.73 Å². The molecule has 2 heterocycles. The molecule has 0 saturated carbocycles. The number of oxazole rings is 1. The molecule has 1 aliphatic rings. The fourth-order valence-corrected chi connectivity index (χ4v) is 3.29. The molecule has 4 rings (SSSR count). The van der Waals surface area contributed by atoms with Gasteiger partial charge in [-0.2, -0.15) is 0 Å². The lowest BCUT2D eigenvalue weighted by molar-refractivity contribution is -0.131. The third kappa shape index (κ3) is 3.08. The smallest absolute Gasteiger partial charge is 0.325 e. The van der Waals surface area contributed by atoms with E-state index >= 15 is 0 Å². The Kier molecular flexibility index (Phi) is 4.20. The molecule has 0 bridgehead atoms. The fraction of sp³-hybridized carbons (Fsp3) is 0.150. The monoisotopic (exact) mass is 381 g/mol. The average molecular weight is 382 g/mol. The summed E-state index contributed by atoms with van der Waals surface area (Å²) in [5, 5.41) is 3.34. The first-order valence-corrected chi connectivity index (χ1v) is 8.75. The van der Waals surface area contributed by atoms with Crippen molar-refractivity contribution in [2.24, 2.45) is 0 Å². The first kappa shape index (κ1) is 17.3. The maximum atomic E-state index is 12.9. The van der Waals surface area contributed by atoms with E-state index in [4.69, 9.17) is 16.0 Å². The highest BCUT2D eigenvalue weighted by Gasteiger charge is 2.49. The van der Waals surface area contributed by atoms with Gasteiger partial charge in [-0.05, 0) is 30.7 Å². The quantitative estimate of drug-likeness (QED) is 0.694. The average Bonchev–Trinajstić information content (AvgIpc) is 3.22. The lowest BCUT2D eigenvalue weighted by Crippen LogP contribution is -2.40. The van der Waals surface area contributed by atoms with Crippen molar-refractivity contribution < 1.29 is 14.0 Å². The molecule has 1 atom stereocenters. The molecule has 1 aromatic heterocycles. The maximum Gasteiger partial charge on any atom is 0.325 e. The van der Waals surface area contributed by atoms with E-state index in [1.54, 1.807) is 25.1 Å². The summed E-state index contributed by atoms with van der Waals surface area (Å²) in [7, 11) is 0. The molecule has 0 spiro atoms. The number of hydrogen-bond donors (Lipinski definition) is 1. The van der Waals surface area contributed by atoms with Gasteiger partial charge in [-0.3, -0.25) is 9.69 Å². The first-order chi connectivity index (χ1) is 13.0. The van der Waals surface area contributed by atoms with Gasteiger partial charge in [0.15, 0.2) is 0 Å². The lowest BCUT2D eigenvalue weighted by atomic mass is 9.92. The van der Waals surface area contributed by atoms with E-state index in [1.165, 1.54) is 6.26 Å². The van der Waals surface area contributed by atoms with Gasteiger partial charge in [-0.15, -0.1) is 0 Å². The summed E-state index contributed by atoms with van der Waals surface area (Å²) in [5.41, 5.74) is 0.828. The maximum absolute atomic E-state index is 12.9. The molecular formula is C20H16ClN3O3. The van der Waals surface area contributed by atoms with Crippen LogP contribution in [0.4, 0.5) is 4.79 Å². The summed E-state index contributed by atoms with van der Waals surface area (Å²) >= 11 is 5.99. The van der Waals surface area contributed by atoms with Gasteiger partial charge in [0, 0.05) is 10.6 Å². The molecule has 2 aromatic carbocycles. The standard InChI is InChI=1S/C20H16ClN3O3/c1-20(14-7-3-2-4-8-14)18(25)24(19(26)23-20)11-16-12-27-17(22-16)13-6-5-9-15(21)10-13/h2-10,12H,11H2,1H3,(H,23,26). The minimum atomic E-state index is -1.10. The molecule has 1 aliphatic heterocycles. The van der Waals surface area contributed by atoms with Crippen LogP contribution in [0.25, 0.3) is 11.5 Å². The van der Waals surface area contributed by atoms with Crippen LogP contribution in [0.3, 0.4) is 0 Å². The zero-order valence-corrected chi connectivity index (χ0v) is 15.2. The van der Waals surface area contributed by atoms with Gasteiger partial charge in [0.05, 0.1) is 12.2 Å². The Labute approximate surface area is 160 Å². The number of nitrogens with one attached hydrogen (secondary N) is 1. The molecule has 7 heteroatoms. The van der Waals surface area contributed by atoms with Crippen molar-refractivity contribution >= 4 is 23.5 Å². The third-order valence-corrected chi connectivity index (χ3v) is 4.80. The Bertz CT molecular complexity index is 1020.